The molecule has 2 heterocycles. The third kappa shape index (κ3) is 9.44. The van der Waals surface area contributed by atoms with E-state index < -0.39 is 29.5 Å². The minimum absolute atomic E-state index is 0.0382. The van der Waals surface area contributed by atoms with Crippen LogP contribution >= 0.6 is 0 Å². The van der Waals surface area contributed by atoms with Crippen molar-refractivity contribution in [1.82, 2.24) is 9.97 Å². The summed E-state index contributed by atoms with van der Waals surface area (Å²) in [5, 5.41) is 45.0. The Balaban J connectivity index is 1.19. The number of allylic oxidation sites excluding steroid dienone is 1. The molecule has 5 rings (SSSR count). The summed E-state index contributed by atoms with van der Waals surface area (Å²) in [7, 11) is 0. The van der Waals surface area contributed by atoms with Gasteiger partial charge in [0.25, 0.3) is 0 Å². The van der Waals surface area contributed by atoms with Crippen molar-refractivity contribution in [2.24, 2.45) is 41.4 Å². The predicted molar refractivity (Wildman–Crippen MR) is 195 cm³/mol. The maximum atomic E-state index is 12.5. The van der Waals surface area contributed by atoms with Crippen molar-refractivity contribution >= 4 is 11.8 Å². The zero-order chi connectivity index (χ0) is 35.0. The summed E-state index contributed by atoms with van der Waals surface area (Å²) in [5.41, 5.74) is 8.35. The number of pyridine rings is 1. The van der Waals surface area contributed by atoms with Crippen LogP contribution < -0.4 is 5.73 Å². The number of H-pyrrole nitrogens is 1. The standard InChI is InChI=1S/C41H61N3O5/c1-3-5-7-10-28-13-14-30(37(45)21-28)11-8-6-9-12-35(40(47)48)39(46)31-15-16-36-32(19-29-17-18-43-38(42)22-29)23-33(41(36,49)25-31)24-34-20-27(4-2)26-44-34/h13-18,20,22,26,28,30-33,35-37,39,44-46,49H,3-12,19,21,23-25H2,1-2H3,(H2,42,43)(H,47,48)/t28-,30-,31-,32+,33+,35+,36+,37-,39-,41+/m1/s1. The molecular weight excluding hydrogens is 614 g/mol. The van der Waals surface area contributed by atoms with E-state index in [-0.39, 0.29) is 29.8 Å². The van der Waals surface area contributed by atoms with Gasteiger partial charge in [0.05, 0.1) is 23.7 Å². The summed E-state index contributed by atoms with van der Waals surface area (Å²) in [6, 6.07) is 6.06. The Morgan fingerprint density at radius 2 is 1.84 bits per heavy atom. The van der Waals surface area contributed by atoms with Crippen LogP contribution in [-0.2, 0) is 24.1 Å². The second kappa shape index (κ2) is 17.3. The molecule has 2 aromatic heterocycles. The van der Waals surface area contributed by atoms with E-state index in [2.05, 4.69) is 48.1 Å². The number of nitrogens with two attached hydrogens (primary N) is 1. The fourth-order valence-electron chi connectivity index (χ4n) is 9.25. The van der Waals surface area contributed by atoms with Gasteiger partial charge in [-0.25, -0.2) is 4.98 Å². The average Bonchev–Trinajstić information content (AvgIpc) is 3.64. The van der Waals surface area contributed by atoms with Crippen LogP contribution in [-0.4, -0.2) is 54.2 Å². The number of nitrogen functional groups attached to an aromatic ring is 1. The maximum absolute atomic E-state index is 12.5. The van der Waals surface area contributed by atoms with E-state index >= 15 is 0 Å². The highest BCUT2D eigenvalue weighted by Crippen LogP contribution is 2.54. The zero-order valence-electron chi connectivity index (χ0n) is 29.7. The topological polar surface area (TPSA) is 153 Å². The van der Waals surface area contributed by atoms with Crippen molar-refractivity contribution in [3.63, 3.8) is 0 Å². The number of aliphatic carboxylic acids is 1. The number of carbonyl (C=O) groups is 1. The van der Waals surface area contributed by atoms with Gasteiger partial charge in [-0.05, 0) is 105 Å². The molecule has 270 valence electrons. The van der Waals surface area contributed by atoms with E-state index in [4.69, 9.17) is 5.73 Å². The number of hydrogen-bond donors (Lipinski definition) is 6. The number of unbranched alkanes of at least 4 members (excludes halogenated alkanes) is 4. The van der Waals surface area contributed by atoms with E-state index in [0.29, 0.717) is 37.4 Å². The van der Waals surface area contributed by atoms with Crippen molar-refractivity contribution in [3.8, 4) is 0 Å². The Kier molecular flexibility index (Phi) is 13.2. The van der Waals surface area contributed by atoms with Crippen molar-refractivity contribution in [2.75, 3.05) is 5.73 Å². The van der Waals surface area contributed by atoms with E-state index in [1.165, 1.54) is 24.8 Å². The highest BCUT2D eigenvalue weighted by Gasteiger charge is 2.55. The number of aryl methyl sites for hydroxylation is 1. The number of aliphatic hydroxyl groups excluding tert-OH is 2. The molecule has 0 spiro atoms. The van der Waals surface area contributed by atoms with E-state index in [0.717, 1.165) is 62.6 Å². The number of aromatic nitrogens is 2. The number of rotatable bonds is 18. The molecule has 0 radical (unpaired) electrons. The number of nitrogens with zero attached hydrogens (tertiary/aromatic N) is 1. The average molecular weight is 676 g/mol. The van der Waals surface area contributed by atoms with Crippen molar-refractivity contribution in [2.45, 2.75) is 128 Å². The molecule has 7 N–H and O–H groups in total. The van der Waals surface area contributed by atoms with Crippen LogP contribution in [0.4, 0.5) is 5.82 Å². The van der Waals surface area contributed by atoms with Gasteiger partial charge in [-0.3, -0.25) is 4.79 Å². The first-order valence-electron chi connectivity index (χ1n) is 19.2. The molecule has 49 heavy (non-hydrogen) atoms. The largest absolute Gasteiger partial charge is 0.481 e. The summed E-state index contributed by atoms with van der Waals surface area (Å²) in [6.45, 7) is 4.34. The predicted octanol–water partition coefficient (Wildman–Crippen LogP) is 7.04. The fraction of sp³-hybridized carbons (Fsp3) is 0.659. The molecule has 2 aromatic rings. The van der Waals surface area contributed by atoms with Gasteiger partial charge in [0.1, 0.15) is 5.82 Å². The lowest BCUT2D eigenvalue weighted by atomic mass is 9.68. The first kappa shape index (κ1) is 37.3. The molecule has 3 aliphatic rings. The Hall–Kier alpha value is -2.94. The molecule has 0 bridgehead atoms. The maximum Gasteiger partial charge on any atom is 0.309 e. The van der Waals surface area contributed by atoms with Gasteiger partial charge in [-0.1, -0.05) is 76.7 Å². The van der Waals surface area contributed by atoms with Crippen LogP contribution in [0.5, 0.6) is 0 Å². The molecule has 0 aromatic carbocycles. The molecule has 1 saturated carbocycles. The van der Waals surface area contributed by atoms with Gasteiger partial charge in [-0.15, -0.1) is 0 Å². The number of carboxylic acids is 1. The Labute approximate surface area is 293 Å². The lowest BCUT2D eigenvalue weighted by molar-refractivity contribution is -0.148. The molecule has 8 nitrogen and oxygen atoms in total. The summed E-state index contributed by atoms with van der Waals surface area (Å²) < 4.78 is 0. The quantitative estimate of drug-likeness (QED) is 0.0732. The SMILES string of the molecule is CCCCC[C@@H]1C=C[C@@H](CCCCC[C@H](C(=O)O)[C@H](O)[C@@H]2C=C[C@H]3[C@@H](Cc4ccnc(N)c4)C[C@@H](Cc4cc(CC)c[nH]4)[C@@]3(O)C2)[C@H](O)C1. The summed E-state index contributed by atoms with van der Waals surface area (Å²) in [4.78, 5) is 20.0. The Morgan fingerprint density at radius 1 is 1.02 bits per heavy atom. The van der Waals surface area contributed by atoms with Crippen LogP contribution in [0.3, 0.4) is 0 Å². The number of aliphatic hydroxyl groups is 3. The molecule has 0 aliphatic heterocycles. The second-order valence-corrected chi connectivity index (χ2v) is 15.5. The number of fused-ring (bicyclic) bond motifs is 1. The summed E-state index contributed by atoms with van der Waals surface area (Å²) in [6.07, 6.45) is 23.9. The zero-order valence-corrected chi connectivity index (χ0v) is 29.7. The van der Waals surface area contributed by atoms with Crippen LogP contribution in [0.15, 0.2) is 54.9 Å². The highest BCUT2D eigenvalue weighted by molar-refractivity contribution is 5.70. The van der Waals surface area contributed by atoms with Gasteiger partial charge in [0.15, 0.2) is 0 Å². The van der Waals surface area contributed by atoms with E-state index in [1.54, 1.807) is 6.20 Å². The molecule has 0 saturated heterocycles. The van der Waals surface area contributed by atoms with Gasteiger partial charge in [0.2, 0.25) is 0 Å². The van der Waals surface area contributed by atoms with Crippen LogP contribution in [0, 0.1) is 41.4 Å². The minimum Gasteiger partial charge on any atom is -0.481 e. The first-order valence-corrected chi connectivity index (χ1v) is 19.2. The molecule has 0 unspecified atom stereocenters. The second-order valence-electron chi connectivity index (χ2n) is 15.5. The molecule has 0 amide bonds. The molecule has 8 heteroatoms. The summed E-state index contributed by atoms with van der Waals surface area (Å²) >= 11 is 0. The van der Waals surface area contributed by atoms with Crippen LogP contribution in [0.1, 0.15) is 108 Å². The van der Waals surface area contributed by atoms with Crippen molar-refractivity contribution in [3.05, 3.63) is 71.7 Å². The third-order valence-corrected chi connectivity index (χ3v) is 12.1. The highest BCUT2D eigenvalue weighted by atomic mass is 16.4. The fourth-order valence-corrected chi connectivity index (χ4v) is 9.25. The van der Waals surface area contributed by atoms with Gasteiger partial charge in [-0.2, -0.15) is 0 Å². The van der Waals surface area contributed by atoms with E-state index in [9.17, 15) is 25.2 Å². The van der Waals surface area contributed by atoms with E-state index in [1.807, 2.05) is 24.4 Å². The van der Waals surface area contributed by atoms with Crippen molar-refractivity contribution in [1.29, 1.82) is 0 Å². The third-order valence-electron chi connectivity index (χ3n) is 12.1. The number of carboxylic acid groups (broad SMARTS) is 1. The van der Waals surface area contributed by atoms with Gasteiger partial charge in [0, 0.05) is 35.8 Å². The normalized spacial score (nSPS) is 30.7. The molecule has 1 fully saturated rings. The monoisotopic (exact) mass is 675 g/mol. The van der Waals surface area contributed by atoms with Gasteiger partial charge < -0.3 is 31.1 Å². The van der Waals surface area contributed by atoms with Gasteiger partial charge >= 0.3 is 5.97 Å². The minimum atomic E-state index is -1.08. The van der Waals surface area contributed by atoms with Crippen LogP contribution in [0.2, 0.25) is 0 Å². The Bertz CT molecular complexity index is 1400. The number of hydrogen-bond acceptors (Lipinski definition) is 6. The number of anilines is 1. The molecule has 3 aliphatic carbocycles. The molecular formula is C41H61N3O5. The summed E-state index contributed by atoms with van der Waals surface area (Å²) in [5.74, 6) is -1.14. The lowest BCUT2D eigenvalue weighted by Crippen LogP contribution is -2.48. The first-order chi connectivity index (χ1) is 23.6. The lowest BCUT2D eigenvalue weighted by Gasteiger charge is -2.42. The van der Waals surface area contributed by atoms with Crippen molar-refractivity contribution < 1.29 is 25.2 Å². The number of aromatic amines is 1. The molecule has 10 atom stereocenters. The smallest absolute Gasteiger partial charge is 0.309 e. The Morgan fingerprint density at radius 3 is 2.55 bits per heavy atom. The van der Waals surface area contributed by atoms with Crippen LogP contribution in [0.25, 0.3) is 0 Å². The number of nitrogens with one attached hydrogen (secondary N) is 1.